The van der Waals surface area contributed by atoms with E-state index in [2.05, 4.69) is 0 Å². The SMILES string of the molecule is COc1ccc(/C=C(\O)C(=O)O)c(Cl)c1OC. The van der Waals surface area contributed by atoms with Crippen molar-refractivity contribution in [3.8, 4) is 11.5 Å². The number of aliphatic carboxylic acids is 1. The molecule has 0 amide bonds. The summed E-state index contributed by atoms with van der Waals surface area (Å²) in [5.41, 5.74) is 0.323. The Hall–Kier alpha value is -1.88. The van der Waals surface area contributed by atoms with Gasteiger partial charge in [0.1, 0.15) is 0 Å². The molecule has 0 aliphatic carbocycles. The Balaban J connectivity index is 3.29. The number of rotatable bonds is 4. The smallest absolute Gasteiger partial charge is 0.370 e. The van der Waals surface area contributed by atoms with Gasteiger partial charge in [-0.25, -0.2) is 4.79 Å². The van der Waals surface area contributed by atoms with E-state index in [1.54, 1.807) is 6.07 Å². The summed E-state index contributed by atoms with van der Waals surface area (Å²) < 4.78 is 10.0. The number of hydrogen-bond donors (Lipinski definition) is 2. The lowest BCUT2D eigenvalue weighted by atomic mass is 10.1. The molecule has 2 N–H and O–H groups in total. The molecule has 0 spiro atoms. The van der Waals surface area contributed by atoms with Crippen molar-refractivity contribution in [1.82, 2.24) is 0 Å². The number of halogens is 1. The molecule has 0 aliphatic heterocycles. The van der Waals surface area contributed by atoms with Gasteiger partial charge in [0.05, 0.1) is 19.2 Å². The van der Waals surface area contributed by atoms with Gasteiger partial charge >= 0.3 is 5.97 Å². The van der Waals surface area contributed by atoms with Crippen molar-refractivity contribution in [3.05, 3.63) is 28.5 Å². The highest BCUT2D eigenvalue weighted by atomic mass is 35.5. The van der Waals surface area contributed by atoms with Crippen molar-refractivity contribution in [2.24, 2.45) is 0 Å². The molecule has 0 fully saturated rings. The number of methoxy groups -OCH3 is 2. The molecular formula is C11H11ClO5. The van der Waals surface area contributed by atoms with Gasteiger partial charge < -0.3 is 19.7 Å². The normalized spacial score (nSPS) is 11.1. The first-order valence-corrected chi connectivity index (χ1v) is 4.93. The van der Waals surface area contributed by atoms with E-state index in [-0.39, 0.29) is 10.8 Å². The van der Waals surface area contributed by atoms with Gasteiger partial charge in [-0.2, -0.15) is 0 Å². The van der Waals surface area contributed by atoms with E-state index in [9.17, 15) is 4.79 Å². The van der Waals surface area contributed by atoms with E-state index in [1.165, 1.54) is 20.3 Å². The van der Waals surface area contributed by atoms with Crippen molar-refractivity contribution >= 4 is 23.6 Å². The van der Waals surface area contributed by atoms with Crippen molar-refractivity contribution in [2.45, 2.75) is 0 Å². The molecule has 0 atom stereocenters. The van der Waals surface area contributed by atoms with Gasteiger partial charge in [0, 0.05) is 5.56 Å². The fraction of sp³-hybridized carbons (Fsp3) is 0.182. The average Bonchev–Trinajstić information content (AvgIpc) is 2.31. The number of ether oxygens (including phenoxy) is 2. The van der Waals surface area contributed by atoms with Gasteiger partial charge in [-0.3, -0.25) is 0 Å². The molecule has 0 aliphatic rings. The summed E-state index contributed by atoms with van der Waals surface area (Å²) in [6.07, 6.45) is 1.03. The van der Waals surface area contributed by atoms with E-state index in [0.29, 0.717) is 11.3 Å². The first kappa shape index (κ1) is 13.2. The van der Waals surface area contributed by atoms with Crippen molar-refractivity contribution < 1.29 is 24.5 Å². The lowest BCUT2D eigenvalue weighted by Gasteiger charge is -2.10. The first-order chi connectivity index (χ1) is 8.01. The number of carboxylic acid groups (broad SMARTS) is 1. The standard InChI is InChI=1S/C11H11ClO5/c1-16-8-4-3-6(5-7(13)11(14)15)9(12)10(8)17-2/h3-5,13H,1-2H3,(H,14,15)/b7-5-. The molecule has 1 aromatic carbocycles. The van der Waals surface area contributed by atoms with Crippen molar-refractivity contribution in [1.29, 1.82) is 0 Å². The number of hydrogen-bond acceptors (Lipinski definition) is 4. The summed E-state index contributed by atoms with van der Waals surface area (Å²) >= 11 is 5.99. The zero-order valence-electron chi connectivity index (χ0n) is 9.23. The van der Waals surface area contributed by atoms with Gasteiger partial charge in [0.2, 0.25) is 5.76 Å². The fourth-order valence-corrected chi connectivity index (χ4v) is 1.51. The van der Waals surface area contributed by atoms with E-state index < -0.39 is 11.7 Å². The maximum Gasteiger partial charge on any atom is 0.370 e. The highest BCUT2D eigenvalue weighted by Crippen LogP contribution is 2.37. The minimum atomic E-state index is -1.43. The Labute approximate surface area is 103 Å². The lowest BCUT2D eigenvalue weighted by molar-refractivity contribution is -0.135. The maximum atomic E-state index is 10.5. The average molecular weight is 259 g/mol. The maximum absolute atomic E-state index is 10.5. The third kappa shape index (κ3) is 2.82. The van der Waals surface area contributed by atoms with E-state index in [1.807, 2.05) is 0 Å². The zero-order chi connectivity index (χ0) is 13.0. The van der Waals surface area contributed by atoms with Crippen molar-refractivity contribution in [3.63, 3.8) is 0 Å². The summed E-state index contributed by atoms with van der Waals surface area (Å²) in [6.45, 7) is 0. The summed E-state index contributed by atoms with van der Waals surface area (Å²) in [4.78, 5) is 10.5. The third-order valence-corrected chi connectivity index (χ3v) is 2.42. The van der Waals surface area contributed by atoms with Crippen LogP contribution in [-0.2, 0) is 4.79 Å². The Kier molecular flexibility index (Phi) is 4.23. The van der Waals surface area contributed by atoms with E-state index in [0.717, 1.165) is 6.08 Å². The molecule has 5 nitrogen and oxygen atoms in total. The van der Waals surface area contributed by atoms with Crippen LogP contribution in [0.1, 0.15) is 5.56 Å². The van der Waals surface area contributed by atoms with Crippen LogP contribution in [0, 0.1) is 0 Å². The number of benzene rings is 1. The van der Waals surface area contributed by atoms with Crippen LogP contribution in [-0.4, -0.2) is 30.4 Å². The van der Waals surface area contributed by atoms with Crippen LogP contribution in [0.25, 0.3) is 6.08 Å². The molecule has 0 bridgehead atoms. The molecule has 0 saturated heterocycles. The summed E-state index contributed by atoms with van der Waals surface area (Å²) in [6, 6.07) is 3.08. The third-order valence-electron chi connectivity index (χ3n) is 2.03. The number of aliphatic hydroxyl groups excluding tert-OH is 1. The largest absolute Gasteiger partial charge is 0.502 e. The number of carboxylic acids is 1. The predicted molar refractivity (Wildman–Crippen MR) is 62.8 cm³/mol. The van der Waals surface area contributed by atoms with Crippen LogP contribution in [0.3, 0.4) is 0 Å². The highest BCUT2D eigenvalue weighted by Gasteiger charge is 2.13. The second-order valence-electron chi connectivity index (χ2n) is 3.04. The second kappa shape index (κ2) is 5.45. The van der Waals surface area contributed by atoms with Crippen LogP contribution in [0.5, 0.6) is 11.5 Å². The van der Waals surface area contributed by atoms with Gasteiger partial charge in [-0.15, -0.1) is 0 Å². The van der Waals surface area contributed by atoms with Gasteiger partial charge in [-0.1, -0.05) is 11.6 Å². The molecule has 17 heavy (non-hydrogen) atoms. The molecular weight excluding hydrogens is 248 g/mol. The van der Waals surface area contributed by atoms with E-state index >= 15 is 0 Å². The Morgan fingerprint density at radius 1 is 1.29 bits per heavy atom. The van der Waals surface area contributed by atoms with Crippen molar-refractivity contribution in [2.75, 3.05) is 14.2 Å². The second-order valence-corrected chi connectivity index (χ2v) is 3.42. The number of carbonyl (C=O) groups is 1. The van der Waals surface area contributed by atoms with Crippen LogP contribution in [0.15, 0.2) is 17.9 Å². The minimum Gasteiger partial charge on any atom is -0.502 e. The van der Waals surface area contributed by atoms with E-state index in [4.69, 9.17) is 31.3 Å². The molecule has 0 heterocycles. The quantitative estimate of drug-likeness (QED) is 0.640. The minimum absolute atomic E-state index is 0.166. The van der Waals surface area contributed by atoms with Gasteiger partial charge in [-0.05, 0) is 18.2 Å². The molecule has 0 aromatic heterocycles. The van der Waals surface area contributed by atoms with Crippen LogP contribution < -0.4 is 9.47 Å². The summed E-state index contributed by atoms with van der Waals surface area (Å²) in [7, 11) is 2.87. The molecule has 6 heteroatoms. The molecule has 1 rings (SSSR count). The Morgan fingerprint density at radius 3 is 2.41 bits per heavy atom. The monoisotopic (exact) mass is 258 g/mol. The first-order valence-electron chi connectivity index (χ1n) is 4.55. The van der Waals surface area contributed by atoms with Crippen LogP contribution in [0.4, 0.5) is 0 Å². The zero-order valence-corrected chi connectivity index (χ0v) is 9.99. The fourth-order valence-electron chi connectivity index (χ4n) is 1.23. The predicted octanol–water partition coefficient (Wildman–Crippen LogP) is 2.34. The van der Waals surface area contributed by atoms with Crippen LogP contribution in [0.2, 0.25) is 5.02 Å². The molecule has 1 aromatic rings. The topological polar surface area (TPSA) is 76.0 Å². The Bertz CT molecular complexity index is 467. The molecule has 0 unspecified atom stereocenters. The molecule has 0 saturated carbocycles. The molecule has 0 radical (unpaired) electrons. The highest BCUT2D eigenvalue weighted by molar-refractivity contribution is 6.33. The van der Waals surface area contributed by atoms with Gasteiger partial charge in [0.25, 0.3) is 0 Å². The Morgan fingerprint density at radius 2 is 1.94 bits per heavy atom. The summed E-state index contributed by atoms with van der Waals surface area (Å²) in [5.74, 6) is -1.54. The lowest BCUT2D eigenvalue weighted by Crippen LogP contribution is -1.99. The summed E-state index contributed by atoms with van der Waals surface area (Å²) in [5, 5.41) is 17.8. The van der Waals surface area contributed by atoms with Crippen LogP contribution >= 0.6 is 11.6 Å². The molecule has 92 valence electrons. The van der Waals surface area contributed by atoms with Gasteiger partial charge in [0.15, 0.2) is 11.5 Å². The number of aliphatic hydroxyl groups is 1.